The summed E-state index contributed by atoms with van der Waals surface area (Å²) < 4.78 is 10.1. The molecule has 0 radical (unpaired) electrons. The van der Waals surface area contributed by atoms with Crippen LogP contribution >= 0.6 is 39.1 Å². The molecule has 2 heterocycles. The number of benzene rings is 1. The number of amides is 1. The van der Waals surface area contributed by atoms with Gasteiger partial charge in [-0.3, -0.25) is 9.48 Å². The maximum absolute atomic E-state index is 12.3. The molecule has 0 saturated carbocycles. The number of nitrogens with zero attached hydrogens (tertiary/aromatic N) is 4. The van der Waals surface area contributed by atoms with Gasteiger partial charge in [-0.1, -0.05) is 29.3 Å². The summed E-state index contributed by atoms with van der Waals surface area (Å²) in [5.74, 6) is 0.218. The van der Waals surface area contributed by atoms with E-state index in [0.29, 0.717) is 28.0 Å². The molecule has 7 nitrogen and oxygen atoms in total. The van der Waals surface area contributed by atoms with Gasteiger partial charge in [-0.15, -0.1) is 0 Å². The Bertz CT molecular complexity index is 1020. The van der Waals surface area contributed by atoms with Crippen molar-refractivity contribution in [2.24, 2.45) is 0 Å². The van der Waals surface area contributed by atoms with E-state index in [9.17, 15) is 4.79 Å². The van der Waals surface area contributed by atoms with E-state index in [1.165, 1.54) is 4.68 Å². The quantitative estimate of drug-likeness (QED) is 0.458. The molecule has 2 aromatic heterocycles. The molecule has 0 saturated heterocycles. The van der Waals surface area contributed by atoms with Crippen LogP contribution in [0.25, 0.3) is 0 Å². The Morgan fingerprint density at radius 1 is 1.24 bits per heavy atom. The van der Waals surface area contributed by atoms with Gasteiger partial charge in [0.1, 0.15) is 16.5 Å². The normalized spacial score (nSPS) is 10.9. The summed E-state index contributed by atoms with van der Waals surface area (Å²) in [5.41, 5.74) is 2.35. The lowest BCUT2D eigenvalue weighted by Gasteiger charge is -2.08. The first-order valence-corrected chi connectivity index (χ1v) is 10.5. The number of hydrogen-bond donors (Lipinski definition) is 1. The predicted octanol–water partition coefficient (Wildman–Crippen LogP) is 4.62. The van der Waals surface area contributed by atoms with Crippen molar-refractivity contribution in [1.29, 1.82) is 0 Å². The standard InChI is InChI=1S/C19H20BrCl2N5O2/c1-12-17(20)13(2)27(24-12)9-4-8-23-19(28)15-7-10-26(25-15)11-29-16-6-3-5-14(21)18(16)22/h3,5-7,10H,4,8-9,11H2,1-2H3,(H,23,28). The molecule has 0 fully saturated rings. The monoisotopic (exact) mass is 499 g/mol. The highest BCUT2D eigenvalue weighted by molar-refractivity contribution is 9.10. The van der Waals surface area contributed by atoms with Crippen LogP contribution in [0.3, 0.4) is 0 Å². The summed E-state index contributed by atoms with van der Waals surface area (Å²) in [6.07, 6.45) is 2.43. The topological polar surface area (TPSA) is 74.0 Å². The van der Waals surface area contributed by atoms with Crippen molar-refractivity contribution < 1.29 is 9.53 Å². The van der Waals surface area contributed by atoms with Crippen LogP contribution in [0.5, 0.6) is 5.75 Å². The Morgan fingerprint density at radius 2 is 2.03 bits per heavy atom. The molecule has 0 aliphatic heterocycles. The number of aromatic nitrogens is 4. The number of carbonyl (C=O) groups excluding carboxylic acids is 1. The van der Waals surface area contributed by atoms with Gasteiger partial charge in [0.25, 0.3) is 5.91 Å². The Hall–Kier alpha value is -2.03. The van der Waals surface area contributed by atoms with Gasteiger partial charge in [0.2, 0.25) is 0 Å². The van der Waals surface area contributed by atoms with E-state index in [1.54, 1.807) is 30.5 Å². The molecule has 29 heavy (non-hydrogen) atoms. The zero-order valence-corrected chi connectivity index (χ0v) is 19.1. The lowest BCUT2D eigenvalue weighted by Crippen LogP contribution is -2.26. The van der Waals surface area contributed by atoms with Crippen LogP contribution in [-0.4, -0.2) is 32.0 Å². The van der Waals surface area contributed by atoms with Crippen molar-refractivity contribution in [2.75, 3.05) is 6.54 Å². The second-order valence-electron chi connectivity index (χ2n) is 6.38. The van der Waals surface area contributed by atoms with Crippen LogP contribution in [-0.2, 0) is 13.3 Å². The van der Waals surface area contributed by atoms with Gasteiger partial charge in [-0.25, -0.2) is 4.68 Å². The Kier molecular flexibility index (Phi) is 7.21. The number of nitrogens with one attached hydrogen (secondary N) is 1. The minimum atomic E-state index is -0.237. The van der Waals surface area contributed by atoms with Crippen molar-refractivity contribution in [3.63, 3.8) is 0 Å². The third-order valence-electron chi connectivity index (χ3n) is 4.27. The number of hydrogen-bond acceptors (Lipinski definition) is 4. The first kappa shape index (κ1) is 21.7. The minimum Gasteiger partial charge on any atom is -0.470 e. The number of ether oxygens (including phenoxy) is 1. The summed E-state index contributed by atoms with van der Waals surface area (Å²) in [4.78, 5) is 12.3. The first-order chi connectivity index (χ1) is 13.9. The maximum atomic E-state index is 12.3. The highest BCUT2D eigenvalue weighted by Crippen LogP contribution is 2.31. The summed E-state index contributed by atoms with van der Waals surface area (Å²) in [5, 5.41) is 12.3. The molecule has 0 unspecified atom stereocenters. The molecule has 0 spiro atoms. The highest BCUT2D eigenvalue weighted by Gasteiger charge is 2.11. The van der Waals surface area contributed by atoms with E-state index in [-0.39, 0.29) is 12.6 Å². The molecule has 154 valence electrons. The molecule has 0 aliphatic carbocycles. The third-order valence-corrected chi connectivity index (χ3v) is 6.22. The van der Waals surface area contributed by atoms with E-state index < -0.39 is 0 Å². The van der Waals surface area contributed by atoms with E-state index in [4.69, 9.17) is 27.9 Å². The van der Waals surface area contributed by atoms with Crippen LogP contribution in [0.15, 0.2) is 34.9 Å². The lowest BCUT2D eigenvalue weighted by atomic mass is 10.3. The van der Waals surface area contributed by atoms with Crippen LogP contribution < -0.4 is 10.1 Å². The molecule has 3 rings (SSSR count). The molecular formula is C19H20BrCl2N5O2. The second-order valence-corrected chi connectivity index (χ2v) is 7.96. The zero-order chi connectivity index (χ0) is 21.0. The number of aryl methyl sites for hydroxylation is 2. The van der Waals surface area contributed by atoms with Crippen molar-refractivity contribution in [2.45, 2.75) is 33.5 Å². The number of halogens is 3. The zero-order valence-electron chi connectivity index (χ0n) is 16.0. The van der Waals surface area contributed by atoms with Crippen molar-refractivity contribution >= 4 is 45.0 Å². The molecule has 3 aromatic rings. The lowest BCUT2D eigenvalue weighted by molar-refractivity contribution is 0.0945. The first-order valence-electron chi connectivity index (χ1n) is 8.94. The largest absolute Gasteiger partial charge is 0.470 e. The average Bonchev–Trinajstić information content (AvgIpc) is 3.27. The summed E-state index contributed by atoms with van der Waals surface area (Å²) in [6, 6.07) is 6.78. The molecule has 1 aromatic carbocycles. The third kappa shape index (κ3) is 5.32. The molecular weight excluding hydrogens is 481 g/mol. The van der Waals surface area contributed by atoms with E-state index in [2.05, 4.69) is 31.4 Å². The fraction of sp³-hybridized carbons (Fsp3) is 0.316. The van der Waals surface area contributed by atoms with Crippen LogP contribution in [0.4, 0.5) is 0 Å². The molecule has 1 N–H and O–H groups in total. The van der Waals surface area contributed by atoms with Gasteiger partial charge >= 0.3 is 0 Å². The average molecular weight is 501 g/mol. The summed E-state index contributed by atoms with van der Waals surface area (Å²) >= 11 is 15.6. The molecule has 0 aliphatic rings. The van der Waals surface area contributed by atoms with Gasteiger partial charge < -0.3 is 10.1 Å². The Morgan fingerprint density at radius 3 is 2.76 bits per heavy atom. The van der Waals surface area contributed by atoms with Gasteiger partial charge in [0.15, 0.2) is 6.73 Å². The summed E-state index contributed by atoms with van der Waals surface area (Å²) in [7, 11) is 0. The van der Waals surface area contributed by atoms with Gasteiger partial charge in [-0.05, 0) is 54.4 Å². The smallest absolute Gasteiger partial charge is 0.271 e. The second kappa shape index (κ2) is 9.65. The van der Waals surface area contributed by atoms with Gasteiger partial charge in [-0.2, -0.15) is 10.2 Å². The van der Waals surface area contributed by atoms with Crippen LogP contribution in [0, 0.1) is 13.8 Å². The Balaban J connectivity index is 1.46. The van der Waals surface area contributed by atoms with E-state index >= 15 is 0 Å². The molecule has 0 atom stereocenters. The number of carbonyl (C=O) groups is 1. The fourth-order valence-corrected chi connectivity index (χ4v) is 3.33. The van der Waals surface area contributed by atoms with Crippen LogP contribution in [0.1, 0.15) is 28.3 Å². The highest BCUT2D eigenvalue weighted by atomic mass is 79.9. The number of rotatable bonds is 8. The van der Waals surface area contributed by atoms with Gasteiger partial charge in [0, 0.05) is 25.0 Å². The van der Waals surface area contributed by atoms with E-state index in [1.807, 2.05) is 18.5 Å². The van der Waals surface area contributed by atoms with Crippen molar-refractivity contribution in [3.05, 3.63) is 62.1 Å². The fourth-order valence-electron chi connectivity index (χ4n) is 2.70. The van der Waals surface area contributed by atoms with Gasteiger partial charge in [0.05, 0.1) is 15.2 Å². The van der Waals surface area contributed by atoms with Crippen molar-refractivity contribution in [1.82, 2.24) is 24.9 Å². The summed E-state index contributed by atoms with van der Waals surface area (Å²) in [6.45, 7) is 5.32. The molecule has 10 heteroatoms. The Labute approximate surface area is 187 Å². The molecule has 0 bridgehead atoms. The molecule has 1 amide bonds. The SMILES string of the molecule is Cc1nn(CCCNC(=O)c2ccn(COc3cccc(Cl)c3Cl)n2)c(C)c1Br. The predicted molar refractivity (Wildman–Crippen MR) is 116 cm³/mol. The maximum Gasteiger partial charge on any atom is 0.271 e. The van der Waals surface area contributed by atoms with Crippen molar-refractivity contribution in [3.8, 4) is 5.75 Å². The van der Waals surface area contributed by atoms with E-state index in [0.717, 1.165) is 28.8 Å². The van der Waals surface area contributed by atoms with Crippen LogP contribution in [0.2, 0.25) is 10.0 Å². The minimum absolute atomic E-state index is 0.111.